The van der Waals surface area contributed by atoms with Gasteiger partial charge in [0, 0.05) is 0 Å². The molecule has 8 heavy (non-hydrogen) atoms. The Balaban J connectivity index is -0.0000000267. The Kier molecular flexibility index (Phi) is 24.8. The third kappa shape index (κ3) is 112. The van der Waals surface area contributed by atoms with Crippen molar-refractivity contribution in [3.63, 3.8) is 0 Å². The molecule has 0 radical (unpaired) electrons. The normalized spacial score (nSPS) is 7.25. The van der Waals surface area contributed by atoms with Gasteiger partial charge in [0.05, 0.1) is 0 Å². The van der Waals surface area contributed by atoms with Crippen molar-refractivity contribution >= 4 is 72.1 Å². The Morgan fingerprint density at radius 1 is 1.00 bits per heavy atom. The molecule has 4 nitrogen and oxygen atoms in total. The molecule has 0 saturated carbocycles. The van der Waals surface area contributed by atoms with Crippen LogP contribution in [0.3, 0.4) is 0 Å². The van der Waals surface area contributed by atoms with Crippen LogP contribution in [0.5, 0.6) is 0 Å². The second-order valence-electron chi connectivity index (χ2n) is 0.448. The standard InChI is InChI=1S/HI.2Li.H2O4S.2H/c;;;1-5(2,3)4;;/h1H;;;(H2,1,2,3,4);;. The number of rotatable bonds is 0. The van der Waals surface area contributed by atoms with E-state index in [9.17, 15) is 0 Å². The third-order valence-corrected chi connectivity index (χ3v) is 0. The predicted molar refractivity (Wildman–Crippen MR) is 43.9 cm³/mol. The summed E-state index contributed by atoms with van der Waals surface area (Å²) in [4.78, 5) is 0. The summed E-state index contributed by atoms with van der Waals surface area (Å²) >= 11 is 0. The molecule has 0 aromatic carbocycles. The van der Waals surface area contributed by atoms with Crippen molar-refractivity contribution < 1.29 is 17.5 Å². The summed E-state index contributed by atoms with van der Waals surface area (Å²) in [5.74, 6) is 0. The van der Waals surface area contributed by atoms with Crippen molar-refractivity contribution in [3.8, 4) is 0 Å². The number of hydrogen-bond donors (Lipinski definition) is 2. The molecule has 0 aromatic heterocycles. The average molecular weight is 242 g/mol. The minimum atomic E-state index is -4.67. The van der Waals surface area contributed by atoms with Gasteiger partial charge in [-0.2, -0.15) is 8.42 Å². The van der Waals surface area contributed by atoms with Crippen molar-refractivity contribution in [2.24, 2.45) is 0 Å². The molecule has 0 spiro atoms. The Bertz CT molecular complexity index is 97.2. The molecule has 0 heterocycles. The molecule has 0 aromatic rings. The molecule has 0 aliphatic heterocycles. The molecular formula is H5ILi2O4S. The van der Waals surface area contributed by atoms with Gasteiger partial charge >= 0.3 is 48.1 Å². The molecule has 0 saturated heterocycles. The second-order valence-corrected chi connectivity index (χ2v) is 1.34. The van der Waals surface area contributed by atoms with E-state index < -0.39 is 10.4 Å². The fourth-order valence-corrected chi connectivity index (χ4v) is 0. The van der Waals surface area contributed by atoms with E-state index >= 15 is 0 Å². The summed E-state index contributed by atoms with van der Waals surface area (Å²) in [6.45, 7) is 0. The molecule has 0 unspecified atom stereocenters. The van der Waals surface area contributed by atoms with Gasteiger partial charge < -0.3 is 0 Å². The molecule has 0 aliphatic carbocycles. The van der Waals surface area contributed by atoms with E-state index in [0.29, 0.717) is 0 Å². The fraction of sp³-hybridized carbons (Fsp3) is 0. The van der Waals surface area contributed by atoms with Gasteiger partial charge in [0.15, 0.2) is 0 Å². The van der Waals surface area contributed by atoms with Gasteiger partial charge in [0.2, 0.25) is 0 Å². The number of hydrogen-bond acceptors (Lipinski definition) is 2. The van der Waals surface area contributed by atoms with Crippen molar-refractivity contribution in [1.29, 1.82) is 0 Å². The van der Waals surface area contributed by atoms with E-state index in [0.717, 1.165) is 0 Å². The maximum absolute atomic E-state index is 8.74. The first kappa shape index (κ1) is 22.6. The van der Waals surface area contributed by atoms with Crippen LogP contribution < -0.4 is 0 Å². The van der Waals surface area contributed by atoms with Crippen LogP contribution in [0.25, 0.3) is 0 Å². The van der Waals surface area contributed by atoms with E-state index in [-0.39, 0.29) is 61.7 Å². The molecule has 0 aliphatic rings. The Labute approximate surface area is 88.7 Å². The first-order valence-electron chi connectivity index (χ1n) is 0.698. The quantitative estimate of drug-likeness (QED) is 0.313. The molecule has 44 valence electrons. The van der Waals surface area contributed by atoms with E-state index in [1.807, 2.05) is 0 Å². The molecule has 0 fully saturated rings. The van der Waals surface area contributed by atoms with Crippen LogP contribution in [-0.2, 0) is 10.4 Å². The molecule has 0 rings (SSSR count). The van der Waals surface area contributed by atoms with E-state index in [1.54, 1.807) is 0 Å². The maximum atomic E-state index is 8.74. The average Bonchev–Trinajstić information content (AvgIpc) is 0.722. The zero-order chi connectivity index (χ0) is 4.50. The molecule has 2 N–H and O–H groups in total. The fourth-order valence-electron chi connectivity index (χ4n) is 0. The van der Waals surface area contributed by atoms with E-state index in [4.69, 9.17) is 17.5 Å². The Hall–Kier alpha value is 1.79. The zero-order valence-electron chi connectivity index (χ0n) is 2.53. The van der Waals surface area contributed by atoms with Gasteiger partial charge in [-0.15, -0.1) is 24.0 Å². The van der Waals surface area contributed by atoms with Crippen molar-refractivity contribution in [3.05, 3.63) is 0 Å². The summed E-state index contributed by atoms with van der Waals surface area (Å²) in [5.41, 5.74) is 0. The number of halogens is 1. The molecule has 0 amide bonds. The van der Waals surface area contributed by atoms with Crippen LogP contribution in [-0.4, -0.2) is 55.2 Å². The predicted octanol–water partition coefficient (Wildman–Crippen LogP) is -1.33. The zero-order valence-corrected chi connectivity index (χ0v) is 5.67. The summed E-state index contributed by atoms with van der Waals surface area (Å²) in [6, 6.07) is 0. The van der Waals surface area contributed by atoms with Crippen LogP contribution >= 0.6 is 24.0 Å². The van der Waals surface area contributed by atoms with Crippen LogP contribution in [0.1, 0.15) is 0 Å². The van der Waals surface area contributed by atoms with E-state index in [2.05, 4.69) is 0 Å². The molecular weight excluding hydrogens is 237 g/mol. The van der Waals surface area contributed by atoms with Crippen LogP contribution in [0.2, 0.25) is 0 Å². The van der Waals surface area contributed by atoms with Crippen LogP contribution in [0.15, 0.2) is 0 Å². The summed E-state index contributed by atoms with van der Waals surface area (Å²) in [7, 11) is -4.67. The van der Waals surface area contributed by atoms with Crippen LogP contribution in [0, 0.1) is 0 Å². The van der Waals surface area contributed by atoms with Gasteiger partial charge in [-0.1, -0.05) is 0 Å². The molecule has 0 bridgehead atoms. The van der Waals surface area contributed by atoms with Gasteiger partial charge in [-0.05, 0) is 0 Å². The van der Waals surface area contributed by atoms with Crippen molar-refractivity contribution in [1.82, 2.24) is 0 Å². The van der Waals surface area contributed by atoms with Gasteiger partial charge in [-0.25, -0.2) is 0 Å². The summed E-state index contributed by atoms with van der Waals surface area (Å²) in [6.07, 6.45) is 0. The van der Waals surface area contributed by atoms with Crippen molar-refractivity contribution in [2.75, 3.05) is 0 Å². The summed E-state index contributed by atoms with van der Waals surface area (Å²) < 4.78 is 31.6. The van der Waals surface area contributed by atoms with Gasteiger partial charge in [0.1, 0.15) is 0 Å². The van der Waals surface area contributed by atoms with Gasteiger partial charge in [0.25, 0.3) is 0 Å². The third-order valence-electron chi connectivity index (χ3n) is 0. The summed E-state index contributed by atoms with van der Waals surface area (Å²) in [5, 5.41) is 0. The van der Waals surface area contributed by atoms with E-state index in [1.165, 1.54) is 0 Å². The molecule has 0 atom stereocenters. The topological polar surface area (TPSA) is 74.6 Å². The Morgan fingerprint density at radius 2 is 1.00 bits per heavy atom. The minimum absolute atomic E-state index is 0. The van der Waals surface area contributed by atoms with Crippen molar-refractivity contribution in [2.45, 2.75) is 0 Å². The first-order chi connectivity index (χ1) is 2.00. The first-order valence-corrected chi connectivity index (χ1v) is 2.10. The molecule has 8 heteroatoms. The SMILES string of the molecule is I.O=S(=O)(O)O.[LiH].[LiH]. The second kappa shape index (κ2) is 8.79. The monoisotopic (exact) mass is 242 g/mol. The Morgan fingerprint density at radius 3 is 1.00 bits per heavy atom. The van der Waals surface area contributed by atoms with Crippen LogP contribution in [0.4, 0.5) is 0 Å². The van der Waals surface area contributed by atoms with Gasteiger partial charge in [-0.3, -0.25) is 9.11 Å².